The van der Waals surface area contributed by atoms with Gasteiger partial charge in [0.05, 0.1) is 13.2 Å². The van der Waals surface area contributed by atoms with Gasteiger partial charge in [0, 0.05) is 6.54 Å². The molecule has 1 aromatic rings. The average molecular weight is 179 g/mol. The largest absolute Gasteiger partial charge is 0.375 e. The van der Waals surface area contributed by atoms with Crippen molar-refractivity contribution in [3.63, 3.8) is 0 Å². The van der Waals surface area contributed by atoms with Gasteiger partial charge in [-0.2, -0.15) is 0 Å². The zero-order valence-corrected chi connectivity index (χ0v) is 8.34. The second-order valence-corrected chi connectivity index (χ2v) is 3.14. The zero-order valence-electron chi connectivity index (χ0n) is 8.34. The molecule has 0 spiro atoms. The van der Waals surface area contributed by atoms with Gasteiger partial charge < -0.3 is 10.1 Å². The van der Waals surface area contributed by atoms with Crippen LogP contribution in [0.5, 0.6) is 0 Å². The number of hydrogen-bond acceptors (Lipinski definition) is 2. The Morgan fingerprint density at radius 1 is 1.23 bits per heavy atom. The fourth-order valence-electron chi connectivity index (χ4n) is 1.05. The van der Waals surface area contributed by atoms with E-state index in [4.69, 9.17) is 4.74 Å². The molecule has 0 atom stereocenters. The smallest absolute Gasteiger partial charge is 0.0717 e. The van der Waals surface area contributed by atoms with E-state index in [0.29, 0.717) is 6.61 Å². The molecule has 0 aliphatic heterocycles. The number of nitrogens with one attached hydrogen (secondary N) is 1. The van der Waals surface area contributed by atoms with Crippen LogP contribution in [0.2, 0.25) is 0 Å². The summed E-state index contributed by atoms with van der Waals surface area (Å²) in [6.07, 6.45) is 0. The summed E-state index contributed by atoms with van der Waals surface area (Å²) < 4.78 is 5.44. The van der Waals surface area contributed by atoms with Gasteiger partial charge in [-0.05, 0) is 19.5 Å². The first-order valence-corrected chi connectivity index (χ1v) is 4.61. The lowest BCUT2D eigenvalue weighted by atomic mass is 10.2. The van der Waals surface area contributed by atoms with Crippen LogP contribution in [0.3, 0.4) is 0 Å². The Hall–Kier alpha value is -0.860. The van der Waals surface area contributed by atoms with Gasteiger partial charge in [-0.15, -0.1) is 0 Å². The first-order valence-electron chi connectivity index (χ1n) is 4.61. The van der Waals surface area contributed by atoms with Crippen LogP contribution in [0.15, 0.2) is 24.3 Å². The second kappa shape index (κ2) is 5.73. The maximum Gasteiger partial charge on any atom is 0.0717 e. The van der Waals surface area contributed by atoms with Crippen molar-refractivity contribution in [1.29, 1.82) is 0 Å². The highest BCUT2D eigenvalue weighted by molar-refractivity contribution is 5.20. The maximum atomic E-state index is 5.44. The fourth-order valence-corrected chi connectivity index (χ4v) is 1.05. The first-order chi connectivity index (χ1) is 6.33. The van der Waals surface area contributed by atoms with Crippen LogP contribution in [-0.2, 0) is 11.3 Å². The number of likely N-dealkylation sites (N-methyl/N-ethyl adjacent to an activating group) is 1. The lowest BCUT2D eigenvalue weighted by Crippen LogP contribution is -2.13. The Kier molecular flexibility index (Phi) is 4.50. The Bertz CT molecular complexity index is 230. The van der Waals surface area contributed by atoms with Crippen LogP contribution in [0.1, 0.15) is 11.1 Å². The molecular formula is C11H17NO. The molecule has 0 amide bonds. The van der Waals surface area contributed by atoms with Crippen LogP contribution in [-0.4, -0.2) is 20.2 Å². The molecule has 0 unspecified atom stereocenters. The molecule has 0 heterocycles. The average Bonchev–Trinajstić information content (AvgIpc) is 2.15. The van der Waals surface area contributed by atoms with E-state index in [1.54, 1.807) is 0 Å². The topological polar surface area (TPSA) is 21.3 Å². The van der Waals surface area contributed by atoms with Crippen molar-refractivity contribution >= 4 is 0 Å². The summed E-state index contributed by atoms with van der Waals surface area (Å²) >= 11 is 0. The third kappa shape index (κ3) is 4.06. The molecule has 1 aromatic carbocycles. The van der Waals surface area contributed by atoms with Crippen molar-refractivity contribution in [3.8, 4) is 0 Å². The van der Waals surface area contributed by atoms with Gasteiger partial charge in [-0.1, -0.05) is 29.8 Å². The Morgan fingerprint density at radius 2 is 1.92 bits per heavy atom. The Balaban J connectivity index is 2.25. The molecule has 0 aliphatic rings. The summed E-state index contributed by atoms with van der Waals surface area (Å²) in [6, 6.07) is 8.43. The van der Waals surface area contributed by atoms with E-state index < -0.39 is 0 Å². The van der Waals surface area contributed by atoms with Crippen molar-refractivity contribution in [2.45, 2.75) is 13.5 Å². The highest BCUT2D eigenvalue weighted by Gasteiger charge is 1.91. The lowest BCUT2D eigenvalue weighted by molar-refractivity contribution is 0.124. The Labute approximate surface area is 79.9 Å². The summed E-state index contributed by atoms with van der Waals surface area (Å²) in [4.78, 5) is 0. The van der Waals surface area contributed by atoms with Crippen LogP contribution < -0.4 is 5.32 Å². The number of rotatable bonds is 5. The molecule has 2 heteroatoms. The molecule has 13 heavy (non-hydrogen) atoms. The minimum Gasteiger partial charge on any atom is -0.375 e. The SMILES string of the molecule is CNCCOCc1ccc(C)cc1. The summed E-state index contributed by atoms with van der Waals surface area (Å²) in [5.41, 5.74) is 2.53. The monoisotopic (exact) mass is 179 g/mol. The molecule has 2 nitrogen and oxygen atoms in total. The van der Waals surface area contributed by atoms with Crippen LogP contribution >= 0.6 is 0 Å². The van der Waals surface area contributed by atoms with Gasteiger partial charge >= 0.3 is 0 Å². The van der Waals surface area contributed by atoms with Gasteiger partial charge in [0.2, 0.25) is 0 Å². The molecule has 72 valence electrons. The van der Waals surface area contributed by atoms with Crippen molar-refractivity contribution in [1.82, 2.24) is 5.32 Å². The summed E-state index contributed by atoms with van der Waals surface area (Å²) in [5.74, 6) is 0. The third-order valence-corrected chi connectivity index (χ3v) is 1.89. The summed E-state index contributed by atoms with van der Waals surface area (Å²) in [7, 11) is 1.93. The maximum absolute atomic E-state index is 5.44. The first kappa shape index (κ1) is 10.2. The third-order valence-electron chi connectivity index (χ3n) is 1.89. The van der Waals surface area contributed by atoms with Crippen LogP contribution in [0, 0.1) is 6.92 Å². The molecule has 0 bridgehead atoms. The normalized spacial score (nSPS) is 10.3. The van der Waals surface area contributed by atoms with E-state index in [9.17, 15) is 0 Å². The minimum atomic E-state index is 0.710. The van der Waals surface area contributed by atoms with Gasteiger partial charge in [-0.25, -0.2) is 0 Å². The Morgan fingerprint density at radius 3 is 2.54 bits per heavy atom. The van der Waals surface area contributed by atoms with Gasteiger partial charge in [0.15, 0.2) is 0 Å². The second-order valence-electron chi connectivity index (χ2n) is 3.14. The number of aryl methyl sites for hydroxylation is 1. The fraction of sp³-hybridized carbons (Fsp3) is 0.455. The van der Waals surface area contributed by atoms with Crippen LogP contribution in [0.25, 0.3) is 0 Å². The van der Waals surface area contributed by atoms with E-state index in [-0.39, 0.29) is 0 Å². The number of hydrogen-bond donors (Lipinski definition) is 1. The number of benzene rings is 1. The van der Waals surface area contributed by atoms with Gasteiger partial charge in [0.1, 0.15) is 0 Å². The van der Waals surface area contributed by atoms with Crippen molar-refractivity contribution in [3.05, 3.63) is 35.4 Å². The molecule has 0 aromatic heterocycles. The standard InChI is InChI=1S/C11H17NO/c1-10-3-5-11(6-4-10)9-13-8-7-12-2/h3-6,12H,7-9H2,1-2H3. The minimum absolute atomic E-state index is 0.710. The lowest BCUT2D eigenvalue weighted by Gasteiger charge is -2.03. The molecule has 0 saturated carbocycles. The van der Waals surface area contributed by atoms with E-state index in [1.807, 2.05) is 7.05 Å². The van der Waals surface area contributed by atoms with Crippen molar-refractivity contribution in [2.75, 3.05) is 20.2 Å². The summed E-state index contributed by atoms with van der Waals surface area (Å²) in [6.45, 7) is 4.48. The van der Waals surface area contributed by atoms with E-state index in [0.717, 1.165) is 13.2 Å². The van der Waals surface area contributed by atoms with E-state index >= 15 is 0 Å². The van der Waals surface area contributed by atoms with Crippen LogP contribution in [0.4, 0.5) is 0 Å². The molecule has 1 rings (SSSR count). The predicted molar refractivity (Wildman–Crippen MR) is 54.8 cm³/mol. The highest BCUT2D eigenvalue weighted by Crippen LogP contribution is 2.03. The molecular weight excluding hydrogens is 162 g/mol. The van der Waals surface area contributed by atoms with E-state index in [2.05, 4.69) is 36.5 Å². The van der Waals surface area contributed by atoms with Crippen molar-refractivity contribution in [2.24, 2.45) is 0 Å². The highest BCUT2D eigenvalue weighted by atomic mass is 16.5. The predicted octanol–water partition coefficient (Wildman–Crippen LogP) is 1.73. The molecule has 0 radical (unpaired) electrons. The van der Waals surface area contributed by atoms with Crippen molar-refractivity contribution < 1.29 is 4.74 Å². The number of ether oxygens (including phenoxy) is 1. The molecule has 0 aliphatic carbocycles. The molecule has 1 N–H and O–H groups in total. The quantitative estimate of drug-likeness (QED) is 0.695. The van der Waals surface area contributed by atoms with E-state index in [1.165, 1.54) is 11.1 Å². The molecule has 0 fully saturated rings. The summed E-state index contributed by atoms with van der Waals surface area (Å²) in [5, 5.41) is 3.04. The van der Waals surface area contributed by atoms with Gasteiger partial charge in [-0.3, -0.25) is 0 Å². The zero-order chi connectivity index (χ0) is 9.52. The van der Waals surface area contributed by atoms with Gasteiger partial charge in [0.25, 0.3) is 0 Å². The molecule has 0 saturated heterocycles.